The predicted molar refractivity (Wildman–Crippen MR) is 54.2 cm³/mol. The average molecular weight is 241 g/mol. The lowest BCUT2D eigenvalue weighted by molar-refractivity contribution is 0.482. The van der Waals surface area contributed by atoms with Gasteiger partial charge in [0.1, 0.15) is 5.82 Å². The molecule has 0 saturated carbocycles. The lowest BCUT2D eigenvalue weighted by atomic mass is 10.0. The molecule has 1 aromatic rings. The topological polar surface area (TPSA) is 52.0 Å². The van der Waals surface area contributed by atoms with Gasteiger partial charge in [-0.25, -0.2) is 13.2 Å². The van der Waals surface area contributed by atoms with Crippen LogP contribution in [0.5, 0.6) is 0 Å². The average Bonchev–Trinajstić information content (AvgIpc) is 2.11. The van der Waals surface area contributed by atoms with Gasteiger partial charge >= 0.3 is 0 Å². The molecule has 0 radical (unpaired) electrons. The van der Waals surface area contributed by atoms with Crippen LogP contribution in [0.2, 0.25) is 0 Å². The molecule has 15 heavy (non-hydrogen) atoms. The van der Waals surface area contributed by atoms with Crippen LogP contribution < -0.4 is 11.5 Å². The fraction of sp³-hybridized carbons (Fsp3) is 0.333. The van der Waals surface area contributed by atoms with Gasteiger partial charge in [0, 0.05) is 17.7 Å². The summed E-state index contributed by atoms with van der Waals surface area (Å²) in [5, 5.41) is 0. The highest BCUT2D eigenvalue weighted by Gasteiger charge is 2.14. The molecule has 0 aromatic heterocycles. The van der Waals surface area contributed by atoms with Crippen molar-refractivity contribution >= 4 is 12.4 Å². The Hall–Kier alpha value is -0.780. The summed E-state index contributed by atoms with van der Waals surface area (Å²) in [4.78, 5) is 0. The van der Waals surface area contributed by atoms with E-state index < -0.39 is 23.5 Å². The Balaban J connectivity index is 0.00000196. The van der Waals surface area contributed by atoms with E-state index in [4.69, 9.17) is 11.5 Å². The molecule has 1 aromatic carbocycles. The van der Waals surface area contributed by atoms with E-state index in [2.05, 4.69) is 0 Å². The van der Waals surface area contributed by atoms with Gasteiger partial charge in [-0.15, -0.1) is 12.4 Å². The van der Waals surface area contributed by atoms with E-state index in [1.807, 2.05) is 0 Å². The summed E-state index contributed by atoms with van der Waals surface area (Å²) < 4.78 is 38.3. The van der Waals surface area contributed by atoms with Gasteiger partial charge in [-0.1, -0.05) is 0 Å². The normalized spacial score (nSPS) is 12.1. The third kappa shape index (κ3) is 3.37. The van der Waals surface area contributed by atoms with E-state index in [0.717, 1.165) is 6.07 Å². The minimum Gasteiger partial charge on any atom is -0.330 e. The quantitative estimate of drug-likeness (QED) is 0.793. The fourth-order valence-corrected chi connectivity index (χ4v) is 1.16. The second-order valence-corrected chi connectivity index (χ2v) is 2.97. The van der Waals surface area contributed by atoms with E-state index in [9.17, 15) is 13.2 Å². The van der Waals surface area contributed by atoms with Crippen LogP contribution in [-0.4, -0.2) is 6.54 Å². The molecule has 0 heterocycles. The molecule has 1 rings (SSSR count). The van der Waals surface area contributed by atoms with Crippen LogP contribution in [0.1, 0.15) is 18.0 Å². The molecule has 2 nitrogen and oxygen atoms in total. The molecule has 86 valence electrons. The highest BCUT2D eigenvalue weighted by Crippen LogP contribution is 2.20. The molecule has 4 N–H and O–H groups in total. The van der Waals surface area contributed by atoms with Gasteiger partial charge in [0.05, 0.1) is 0 Å². The van der Waals surface area contributed by atoms with Gasteiger partial charge in [-0.2, -0.15) is 0 Å². The predicted octanol–water partition coefficient (Wildman–Crippen LogP) is 1.87. The van der Waals surface area contributed by atoms with Crippen molar-refractivity contribution in [2.75, 3.05) is 6.54 Å². The Bertz CT molecular complexity index is 333. The van der Waals surface area contributed by atoms with Crippen molar-refractivity contribution in [2.45, 2.75) is 12.5 Å². The Morgan fingerprint density at radius 3 is 2.13 bits per heavy atom. The number of nitrogens with two attached hydrogens (primary N) is 2. The van der Waals surface area contributed by atoms with Crippen molar-refractivity contribution in [3.8, 4) is 0 Å². The number of benzene rings is 1. The van der Waals surface area contributed by atoms with E-state index in [1.165, 1.54) is 0 Å². The largest absolute Gasteiger partial charge is 0.330 e. The van der Waals surface area contributed by atoms with Crippen molar-refractivity contribution in [3.63, 3.8) is 0 Å². The van der Waals surface area contributed by atoms with Crippen molar-refractivity contribution in [3.05, 3.63) is 35.1 Å². The van der Waals surface area contributed by atoms with Crippen LogP contribution >= 0.6 is 12.4 Å². The maximum Gasteiger partial charge on any atom is 0.161 e. The van der Waals surface area contributed by atoms with Crippen LogP contribution in [-0.2, 0) is 0 Å². The molecule has 0 aliphatic heterocycles. The second-order valence-electron chi connectivity index (χ2n) is 2.97. The van der Waals surface area contributed by atoms with Crippen molar-refractivity contribution in [1.82, 2.24) is 0 Å². The lowest BCUT2D eigenvalue weighted by Crippen LogP contribution is -2.17. The molecule has 0 spiro atoms. The Morgan fingerprint density at radius 2 is 1.60 bits per heavy atom. The number of halogens is 4. The molecule has 0 fully saturated rings. The Labute approximate surface area is 91.9 Å². The third-order valence-electron chi connectivity index (χ3n) is 1.92. The highest BCUT2D eigenvalue weighted by atomic mass is 35.5. The maximum atomic E-state index is 13.1. The molecule has 0 saturated heterocycles. The van der Waals surface area contributed by atoms with E-state index in [0.29, 0.717) is 12.5 Å². The molecule has 0 aliphatic carbocycles. The zero-order chi connectivity index (χ0) is 10.7. The molecule has 0 bridgehead atoms. The minimum absolute atomic E-state index is 0. The standard InChI is InChI=1S/C9H11F3N2.ClH/c10-6-4-8(12)7(11)3-5(6)9(14)1-2-13;/h3-4,9H,1-2,13-14H2;1H/t9-;/m1./s1. The lowest BCUT2D eigenvalue weighted by Gasteiger charge is -2.11. The Morgan fingerprint density at radius 1 is 1.07 bits per heavy atom. The number of rotatable bonds is 3. The molecule has 6 heteroatoms. The number of hydrogen-bond acceptors (Lipinski definition) is 2. The van der Waals surface area contributed by atoms with E-state index >= 15 is 0 Å². The van der Waals surface area contributed by atoms with Crippen molar-refractivity contribution in [2.24, 2.45) is 11.5 Å². The molecule has 0 unspecified atom stereocenters. The molecular formula is C9H12ClF3N2. The first kappa shape index (κ1) is 14.2. The molecule has 0 amide bonds. The van der Waals surface area contributed by atoms with Gasteiger partial charge in [0.2, 0.25) is 0 Å². The maximum absolute atomic E-state index is 13.1. The minimum atomic E-state index is -1.22. The molecule has 0 aliphatic rings. The first-order valence-corrected chi connectivity index (χ1v) is 4.16. The monoisotopic (exact) mass is 240 g/mol. The van der Waals surface area contributed by atoms with Crippen LogP contribution in [0.15, 0.2) is 12.1 Å². The second kappa shape index (κ2) is 5.95. The van der Waals surface area contributed by atoms with Gasteiger partial charge in [-0.05, 0) is 19.0 Å². The van der Waals surface area contributed by atoms with E-state index in [1.54, 1.807) is 0 Å². The molecular weight excluding hydrogens is 229 g/mol. The van der Waals surface area contributed by atoms with Gasteiger partial charge in [-0.3, -0.25) is 0 Å². The van der Waals surface area contributed by atoms with Gasteiger partial charge in [0.25, 0.3) is 0 Å². The highest BCUT2D eigenvalue weighted by molar-refractivity contribution is 5.85. The first-order chi connectivity index (χ1) is 6.56. The smallest absolute Gasteiger partial charge is 0.161 e. The molecule has 1 atom stereocenters. The van der Waals surface area contributed by atoms with Gasteiger partial charge in [0.15, 0.2) is 11.6 Å². The van der Waals surface area contributed by atoms with Gasteiger partial charge < -0.3 is 11.5 Å². The fourth-order valence-electron chi connectivity index (χ4n) is 1.16. The third-order valence-corrected chi connectivity index (χ3v) is 1.92. The summed E-state index contributed by atoms with van der Waals surface area (Å²) in [6, 6.07) is 0.557. The summed E-state index contributed by atoms with van der Waals surface area (Å²) >= 11 is 0. The van der Waals surface area contributed by atoms with Crippen molar-refractivity contribution in [1.29, 1.82) is 0 Å². The van der Waals surface area contributed by atoms with Crippen LogP contribution in [0, 0.1) is 17.5 Å². The van der Waals surface area contributed by atoms with E-state index in [-0.39, 0.29) is 24.5 Å². The summed E-state index contributed by atoms with van der Waals surface area (Å²) in [6.07, 6.45) is 0.321. The Kier molecular flexibility index (Phi) is 5.64. The van der Waals surface area contributed by atoms with Crippen LogP contribution in [0.25, 0.3) is 0 Å². The number of hydrogen-bond donors (Lipinski definition) is 2. The summed E-state index contributed by atoms with van der Waals surface area (Å²) in [5.74, 6) is -3.16. The van der Waals surface area contributed by atoms with Crippen LogP contribution in [0.3, 0.4) is 0 Å². The zero-order valence-corrected chi connectivity index (χ0v) is 8.66. The summed E-state index contributed by atoms with van der Waals surface area (Å²) in [6.45, 7) is 0.263. The van der Waals surface area contributed by atoms with Crippen LogP contribution in [0.4, 0.5) is 13.2 Å². The summed E-state index contributed by atoms with van der Waals surface area (Å²) in [7, 11) is 0. The van der Waals surface area contributed by atoms with Crippen molar-refractivity contribution < 1.29 is 13.2 Å². The first-order valence-electron chi connectivity index (χ1n) is 4.16. The summed E-state index contributed by atoms with van der Waals surface area (Å²) in [5.41, 5.74) is 10.7. The zero-order valence-electron chi connectivity index (χ0n) is 7.84. The SMILES string of the molecule is Cl.NCC[C@@H](N)c1cc(F)c(F)cc1F.